The molecule has 0 atom stereocenters. The lowest BCUT2D eigenvalue weighted by molar-refractivity contribution is -0.133. The molecule has 0 radical (unpaired) electrons. The minimum Gasteiger partial charge on any atom is -0.486 e. The number of fused-ring (bicyclic) bond motifs is 1. The fourth-order valence-corrected chi connectivity index (χ4v) is 2.84. The third-order valence-corrected chi connectivity index (χ3v) is 3.93. The van der Waals surface area contributed by atoms with E-state index in [2.05, 4.69) is 15.9 Å². The summed E-state index contributed by atoms with van der Waals surface area (Å²) < 4.78 is 16.9. The Labute approximate surface area is 141 Å². The first-order valence-corrected chi connectivity index (χ1v) is 7.83. The van der Waals surface area contributed by atoms with Crippen LogP contribution in [-0.2, 0) is 11.2 Å². The standard InChI is InChI=1S/C16H12BrClO4/c17-12-9-11(18)2-4-13(12)22-16(19)8-10-1-3-14-15(7-10)21-6-5-20-14/h1-4,7,9H,5-6,8H2. The second-order valence-electron chi connectivity index (χ2n) is 4.70. The molecular weight excluding hydrogens is 372 g/mol. The molecule has 1 aliphatic rings. The van der Waals surface area contributed by atoms with Crippen LogP contribution in [0.5, 0.6) is 17.2 Å². The van der Waals surface area contributed by atoms with Gasteiger partial charge >= 0.3 is 5.97 Å². The number of carbonyl (C=O) groups is 1. The average molecular weight is 384 g/mol. The zero-order chi connectivity index (χ0) is 15.5. The predicted molar refractivity (Wildman–Crippen MR) is 85.9 cm³/mol. The van der Waals surface area contributed by atoms with E-state index in [1.807, 2.05) is 6.07 Å². The number of carbonyl (C=O) groups excluding carboxylic acids is 1. The maximum absolute atomic E-state index is 12.0. The van der Waals surface area contributed by atoms with Gasteiger partial charge in [0.15, 0.2) is 11.5 Å². The van der Waals surface area contributed by atoms with E-state index in [0.29, 0.717) is 40.0 Å². The van der Waals surface area contributed by atoms with E-state index in [1.165, 1.54) is 0 Å². The van der Waals surface area contributed by atoms with Crippen molar-refractivity contribution in [2.75, 3.05) is 13.2 Å². The zero-order valence-electron chi connectivity index (χ0n) is 11.5. The zero-order valence-corrected chi connectivity index (χ0v) is 13.8. The van der Waals surface area contributed by atoms with E-state index in [1.54, 1.807) is 30.3 Å². The molecule has 6 heteroatoms. The van der Waals surface area contributed by atoms with Gasteiger partial charge in [-0.15, -0.1) is 0 Å². The Morgan fingerprint density at radius 2 is 1.91 bits per heavy atom. The van der Waals surface area contributed by atoms with Crippen LogP contribution in [0.15, 0.2) is 40.9 Å². The Morgan fingerprint density at radius 1 is 1.14 bits per heavy atom. The van der Waals surface area contributed by atoms with Gasteiger partial charge in [-0.1, -0.05) is 17.7 Å². The van der Waals surface area contributed by atoms with Crippen molar-refractivity contribution < 1.29 is 19.0 Å². The van der Waals surface area contributed by atoms with Gasteiger partial charge in [0.2, 0.25) is 0 Å². The molecule has 0 bridgehead atoms. The van der Waals surface area contributed by atoms with Crippen molar-refractivity contribution in [3.8, 4) is 17.2 Å². The third-order valence-electron chi connectivity index (χ3n) is 3.07. The summed E-state index contributed by atoms with van der Waals surface area (Å²) in [6, 6.07) is 10.4. The van der Waals surface area contributed by atoms with Gasteiger partial charge in [0, 0.05) is 5.02 Å². The van der Waals surface area contributed by atoms with Crippen molar-refractivity contribution in [2.24, 2.45) is 0 Å². The molecule has 2 aromatic rings. The Morgan fingerprint density at radius 3 is 2.68 bits per heavy atom. The van der Waals surface area contributed by atoms with Gasteiger partial charge in [-0.3, -0.25) is 4.79 Å². The van der Waals surface area contributed by atoms with Crippen molar-refractivity contribution in [1.29, 1.82) is 0 Å². The molecule has 0 amide bonds. The molecule has 0 saturated heterocycles. The molecule has 1 heterocycles. The molecular formula is C16H12BrClO4. The Hall–Kier alpha value is -1.72. The number of esters is 1. The molecule has 22 heavy (non-hydrogen) atoms. The van der Waals surface area contributed by atoms with Crippen LogP contribution in [0.1, 0.15) is 5.56 Å². The van der Waals surface area contributed by atoms with Crippen molar-refractivity contribution in [3.63, 3.8) is 0 Å². The van der Waals surface area contributed by atoms with Gasteiger partial charge in [-0.25, -0.2) is 0 Å². The number of hydrogen-bond donors (Lipinski definition) is 0. The van der Waals surface area contributed by atoms with E-state index in [4.69, 9.17) is 25.8 Å². The number of benzene rings is 2. The van der Waals surface area contributed by atoms with E-state index in [-0.39, 0.29) is 12.4 Å². The molecule has 1 aliphatic heterocycles. The van der Waals surface area contributed by atoms with Crippen LogP contribution in [-0.4, -0.2) is 19.2 Å². The monoisotopic (exact) mass is 382 g/mol. The van der Waals surface area contributed by atoms with E-state index in [9.17, 15) is 4.79 Å². The molecule has 114 valence electrons. The van der Waals surface area contributed by atoms with E-state index < -0.39 is 0 Å². The number of halogens is 2. The summed E-state index contributed by atoms with van der Waals surface area (Å²) in [4.78, 5) is 12.0. The first-order valence-electron chi connectivity index (χ1n) is 6.66. The van der Waals surface area contributed by atoms with Gasteiger partial charge in [0.05, 0.1) is 10.9 Å². The molecule has 0 spiro atoms. The van der Waals surface area contributed by atoms with Crippen molar-refractivity contribution in [3.05, 3.63) is 51.5 Å². The third kappa shape index (κ3) is 3.54. The number of hydrogen-bond acceptors (Lipinski definition) is 4. The van der Waals surface area contributed by atoms with E-state index >= 15 is 0 Å². The summed E-state index contributed by atoms with van der Waals surface area (Å²) in [5, 5.41) is 0.568. The van der Waals surface area contributed by atoms with Gasteiger partial charge in [0.25, 0.3) is 0 Å². The summed E-state index contributed by atoms with van der Waals surface area (Å²) in [7, 11) is 0. The maximum Gasteiger partial charge on any atom is 0.315 e. The van der Waals surface area contributed by atoms with Crippen LogP contribution in [0.25, 0.3) is 0 Å². The molecule has 0 N–H and O–H groups in total. The van der Waals surface area contributed by atoms with Crippen molar-refractivity contribution in [2.45, 2.75) is 6.42 Å². The average Bonchev–Trinajstić information content (AvgIpc) is 2.50. The summed E-state index contributed by atoms with van der Waals surface area (Å²) >= 11 is 9.17. The molecule has 0 saturated carbocycles. The summed E-state index contributed by atoms with van der Waals surface area (Å²) in [6.07, 6.45) is 0.145. The minimum absolute atomic E-state index is 0.145. The van der Waals surface area contributed by atoms with Gasteiger partial charge < -0.3 is 14.2 Å². The highest BCUT2D eigenvalue weighted by Crippen LogP contribution is 2.31. The van der Waals surface area contributed by atoms with Crippen molar-refractivity contribution >= 4 is 33.5 Å². The summed E-state index contributed by atoms with van der Waals surface area (Å²) in [5.41, 5.74) is 0.805. The molecule has 0 aliphatic carbocycles. The van der Waals surface area contributed by atoms with Gasteiger partial charge in [-0.05, 0) is 51.8 Å². The second-order valence-corrected chi connectivity index (χ2v) is 5.99. The second kappa shape index (κ2) is 6.58. The largest absolute Gasteiger partial charge is 0.486 e. The van der Waals surface area contributed by atoms with Crippen molar-refractivity contribution in [1.82, 2.24) is 0 Å². The lowest BCUT2D eigenvalue weighted by Gasteiger charge is -2.18. The van der Waals surface area contributed by atoms with Crippen LogP contribution in [0.3, 0.4) is 0 Å². The molecule has 0 unspecified atom stereocenters. The highest BCUT2D eigenvalue weighted by Gasteiger charge is 2.14. The van der Waals surface area contributed by atoms with Crippen LogP contribution in [0, 0.1) is 0 Å². The number of rotatable bonds is 3. The molecule has 4 nitrogen and oxygen atoms in total. The SMILES string of the molecule is O=C(Cc1ccc2c(c1)OCCO2)Oc1ccc(Cl)cc1Br. The van der Waals surface area contributed by atoms with Crippen LogP contribution >= 0.6 is 27.5 Å². The fourth-order valence-electron chi connectivity index (χ4n) is 2.08. The Balaban J connectivity index is 1.69. The molecule has 0 aromatic heterocycles. The minimum atomic E-state index is -0.361. The lowest BCUT2D eigenvalue weighted by Crippen LogP contribution is -2.16. The first-order chi connectivity index (χ1) is 10.6. The van der Waals surface area contributed by atoms with Crippen LogP contribution in [0.2, 0.25) is 5.02 Å². The van der Waals surface area contributed by atoms with Crippen LogP contribution in [0.4, 0.5) is 0 Å². The van der Waals surface area contributed by atoms with E-state index in [0.717, 1.165) is 5.56 Å². The highest BCUT2D eigenvalue weighted by atomic mass is 79.9. The smallest absolute Gasteiger partial charge is 0.315 e. The summed E-state index contributed by atoms with van der Waals surface area (Å²) in [6.45, 7) is 1.05. The Bertz CT molecular complexity index is 717. The van der Waals surface area contributed by atoms with Gasteiger partial charge in [-0.2, -0.15) is 0 Å². The molecule has 0 fully saturated rings. The maximum atomic E-state index is 12.0. The topological polar surface area (TPSA) is 44.8 Å². The summed E-state index contributed by atoms with van der Waals surface area (Å²) in [5.74, 6) is 1.43. The predicted octanol–water partition coefficient (Wildman–Crippen LogP) is 4.02. The fraction of sp³-hybridized carbons (Fsp3) is 0.188. The van der Waals surface area contributed by atoms with Gasteiger partial charge in [0.1, 0.15) is 19.0 Å². The van der Waals surface area contributed by atoms with Crippen LogP contribution < -0.4 is 14.2 Å². The lowest BCUT2D eigenvalue weighted by atomic mass is 10.1. The molecule has 3 rings (SSSR count). The first kappa shape index (κ1) is 15.2. The quantitative estimate of drug-likeness (QED) is 0.593. The Kier molecular flexibility index (Phi) is 4.55. The molecule has 2 aromatic carbocycles. The normalized spacial score (nSPS) is 12.8. The highest BCUT2D eigenvalue weighted by molar-refractivity contribution is 9.10. The number of ether oxygens (including phenoxy) is 3.